The predicted molar refractivity (Wildman–Crippen MR) is 213 cm³/mol. The number of hydrogen-bond donors (Lipinski definition) is 0. The van der Waals surface area contributed by atoms with Crippen molar-refractivity contribution in [1.29, 1.82) is 0 Å². The van der Waals surface area contributed by atoms with Gasteiger partial charge in [0.25, 0.3) is 0 Å². The Balaban J connectivity index is 1.39. The fourth-order valence-electron chi connectivity index (χ4n) is 5.49. The minimum atomic E-state index is -0.587. The van der Waals surface area contributed by atoms with Gasteiger partial charge in [0.2, 0.25) is 0 Å². The first kappa shape index (κ1) is 42.2. The third-order valence-electron chi connectivity index (χ3n) is 8.64. The fraction of sp³-hybridized carbons (Fsp3) is 0.273. The van der Waals surface area contributed by atoms with Crippen molar-refractivity contribution in [3.8, 4) is 0 Å². The Bertz CT molecular complexity index is 1890. The number of ether oxygens (including phenoxy) is 4. The van der Waals surface area contributed by atoms with Crippen LogP contribution in [0.1, 0.15) is 80.3 Å². The van der Waals surface area contributed by atoms with E-state index < -0.39 is 48.7 Å². The molecular formula is C44H46N2O10. The number of nitrogens with zero attached hydrogens (tertiary/aromatic N) is 2. The molecule has 292 valence electrons. The zero-order valence-corrected chi connectivity index (χ0v) is 32.0. The zero-order valence-electron chi connectivity index (χ0n) is 32.0. The molecule has 12 nitrogen and oxygen atoms in total. The number of Topliss-reactive ketones (excluding diaryl/α,β-unsaturated/α-hetero) is 2. The summed E-state index contributed by atoms with van der Waals surface area (Å²) in [4.78, 5) is 76.4. The fourth-order valence-corrected chi connectivity index (χ4v) is 5.49. The molecule has 0 unspecified atom stereocenters. The SMILES string of the molecule is CCN(CC)c1ccc(/C=C/c2ccc(N(CCOC(=O)c3ccc(C(=O)COC(C)=O)cc3)CCOC(=O)c3ccc(C(=O)COC(C)=O)cc3)cc2)cc1. The number of hydrogen-bond acceptors (Lipinski definition) is 12. The Morgan fingerprint density at radius 2 is 0.804 bits per heavy atom. The lowest BCUT2D eigenvalue weighted by atomic mass is 10.1. The number of carbonyl (C=O) groups excluding carboxylic acids is 6. The molecule has 4 aromatic rings. The first-order chi connectivity index (χ1) is 27.0. The van der Waals surface area contributed by atoms with Gasteiger partial charge in [-0.3, -0.25) is 19.2 Å². The van der Waals surface area contributed by atoms with Gasteiger partial charge in [-0.1, -0.05) is 60.7 Å². The monoisotopic (exact) mass is 762 g/mol. The van der Waals surface area contributed by atoms with E-state index in [2.05, 4.69) is 43.0 Å². The van der Waals surface area contributed by atoms with Crippen LogP contribution in [0, 0.1) is 0 Å². The average molecular weight is 763 g/mol. The first-order valence-electron chi connectivity index (χ1n) is 18.2. The summed E-state index contributed by atoms with van der Waals surface area (Å²) in [5, 5.41) is 0. The highest BCUT2D eigenvalue weighted by Crippen LogP contribution is 2.20. The van der Waals surface area contributed by atoms with Crippen molar-refractivity contribution in [2.45, 2.75) is 27.7 Å². The molecule has 0 aliphatic carbocycles. The van der Waals surface area contributed by atoms with Crippen molar-refractivity contribution < 1.29 is 47.7 Å². The molecule has 4 aromatic carbocycles. The molecule has 12 heteroatoms. The Hall–Kier alpha value is -6.56. The largest absolute Gasteiger partial charge is 0.460 e. The minimum Gasteiger partial charge on any atom is -0.460 e. The van der Waals surface area contributed by atoms with Crippen molar-refractivity contribution in [3.05, 3.63) is 130 Å². The molecule has 0 N–H and O–H groups in total. The standard InChI is InChI=1S/C44H46N2O10/c1-5-45(6-2)39-21-9-33(10-22-39)7-8-34-11-23-40(24-12-34)46(25-27-53-43(51)37-17-13-35(14-18-37)41(49)29-55-31(3)47)26-28-54-44(52)38-19-15-36(16-20-38)42(50)30-56-32(4)48/h7-24H,5-6,25-30H2,1-4H3/b8-7+. The maximum atomic E-state index is 12.9. The van der Waals surface area contributed by atoms with Crippen LogP contribution in [-0.4, -0.2) is 88.1 Å². The first-order valence-corrected chi connectivity index (χ1v) is 18.2. The van der Waals surface area contributed by atoms with Crippen LogP contribution in [0.25, 0.3) is 12.2 Å². The number of rotatable bonds is 20. The molecule has 0 radical (unpaired) electrons. The summed E-state index contributed by atoms with van der Waals surface area (Å²) in [5.74, 6) is -3.10. The highest BCUT2D eigenvalue weighted by atomic mass is 16.5. The van der Waals surface area contributed by atoms with Gasteiger partial charge < -0.3 is 28.7 Å². The maximum absolute atomic E-state index is 12.9. The van der Waals surface area contributed by atoms with Gasteiger partial charge in [0, 0.05) is 49.4 Å². The van der Waals surface area contributed by atoms with Crippen LogP contribution in [0.3, 0.4) is 0 Å². The summed E-state index contributed by atoms with van der Waals surface area (Å²) >= 11 is 0. The molecule has 0 heterocycles. The average Bonchev–Trinajstić information content (AvgIpc) is 3.21. The van der Waals surface area contributed by atoms with Crippen LogP contribution in [0.15, 0.2) is 97.1 Å². The maximum Gasteiger partial charge on any atom is 0.338 e. The lowest BCUT2D eigenvalue weighted by molar-refractivity contribution is -0.140. The van der Waals surface area contributed by atoms with Crippen LogP contribution in [0.2, 0.25) is 0 Å². The second-order valence-electron chi connectivity index (χ2n) is 12.5. The van der Waals surface area contributed by atoms with Gasteiger partial charge in [0.15, 0.2) is 24.8 Å². The molecule has 0 atom stereocenters. The summed E-state index contributed by atoms with van der Waals surface area (Å²) in [6, 6.07) is 27.9. The van der Waals surface area contributed by atoms with Crippen LogP contribution >= 0.6 is 0 Å². The Morgan fingerprint density at radius 1 is 0.464 bits per heavy atom. The Labute approximate surface area is 326 Å². The number of anilines is 2. The second-order valence-corrected chi connectivity index (χ2v) is 12.5. The van der Waals surface area contributed by atoms with Crippen molar-refractivity contribution in [1.82, 2.24) is 0 Å². The predicted octanol–water partition coefficient (Wildman–Crippen LogP) is 6.72. The summed E-state index contributed by atoms with van der Waals surface area (Å²) in [5.41, 5.74) is 5.10. The molecule has 56 heavy (non-hydrogen) atoms. The minimum absolute atomic E-state index is 0.00782. The van der Waals surface area contributed by atoms with E-state index in [4.69, 9.17) is 18.9 Å². The van der Waals surface area contributed by atoms with E-state index in [1.807, 2.05) is 41.3 Å². The quantitative estimate of drug-likeness (QED) is 0.0408. The van der Waals surface area contributed by atoms with E-state index in [0.29, 0.717) is 11.1 Å². The molecule has 0 aliphatic heterocycles. The zero-order chi connectivity index (χ0) is 40.5. The third kappa shape index (κ3) is 13.1. The number of benzene rings is 4. The lowest BCUT2D eigenvalue weighted by Crippen LogP contribution is -2.32. The summed E-state index contributed by atoms with van der Waals surface area (Å²) in [7, 11) is 0. The molecule has 0 aromatic heterocycles. The van der Waals surface area contributed by atoms with Gasteiger partial charge >= 0.3 is 23.9 Å². The third-order valence-corrected chi connectivity index (χ3v) is 8.64. The highest BCUT2D eigenvalue weighted by Gasteiger charge is 2.15. The van der Waals surface area contributed by atoms with E-state index in [9.17, 15) is 28.8 Å². The molecule has 0 saturated heterocycles. The summed E-state index contributed by atoms with van der Waals surface area (Å²) < 4.78 is 20.6. The molecular weight excluding hydrogens is 716 g/mol. The van der Waals surface area contributed by atoms with E-state index in [-0.39, 0.29) is 37.4 Å². The molecule has 0 amide bonds. The van der Waals surface area contributed by atoms with Crippen LogP contribution in [-0.2, 0) is 28.5 Å². The van der Waals surface area contributed by atoms with E-state index in [0.717, 1.165) is 29.9 Å². The van der Waals surface area contributed by atoms with Gasteiger partial charge in [-0.05, 0) is 73.5 Å². The van der Waals surface area contributed by atoms with E-state index in [1.54, 1.807) is 0 Å². The van der Waals surface area contributed by atoms with Crippen LogP contribution in [0.5, 0.6) is 0 Å². The normalized spacial score (nSPS) is 10.7. The van der Waals surface area contributed by atoms with Gasteiger partial charge in [-0.2, -0.15) is 0 Å². The Morgan fingerprint density at radius 3 is 1.14 bits per heavy atom. The van der Waals surface area contributed by atoms with Crippen LogP contribution in [0.4, 0.5) is 11.4 Å². The Kier molecular flexibility index (Phi) is 16.1. The second kappa shape index (κ2) is 21.4. The van der Waals surface area contributed by atoms with Crippen molar-refractivity contribution in [3.63, 3.8) is 0 Å². The molecule has 0 fully saturated rings. The van der Waals surface area contributed by atoms with Crippen molar-refractivity contribution >= 4 is 59.0 Å². The van der Waals surface area contributed by atoms with Gasteiger partial charge in [-0.15, -0.1) is 0 Å². The topological polar surface area (TPSA) is 146 Å². The van der Waals surface area contributed by atoms with E-state index >= 15 is 0 Å². The number of carbonyl (C=O) groups is 6. The van der Waals surface area contributed by atoms with Gasteiger partial charge in [0.1, 0.15) is 13.2 Å². The van der Waals surface area contributed by atoms with Gasteiger partial charge in [-0.25, -0.2) is 9.59 Å². The smallest absolute Gasteiger partial charge is 0.338 e. The number of esters is 4. The molecule has 0 spiro atoms. The molecule has 0 aliphatic rings. The molecule has 4 rings (SSSR count). The van der Waals surface area contributed by atoms with Crippen molar-refractivity contribution in [2.75, 3.05) is 62.4 Å². The van der Waals surface area contributed by atoms with Crippen molar-refractivity contribution in [2.24, 2.45) is 0 Å². The molecule has 0 bridgehead atoms. The van der Waals surface area contributed by atoms with Gasteiger partial charge in [0.05, 0.1) is 24.2 Å². The lowest BCUT2D eigenvalue weighted by Gasteiger charge is -2.24. The summed E-state index contributed by atoms with van der Waals surface area (Å²) in [6.07, 6.45) is 4.07. The summed E-state index contributed by atoms with van der Waals surface area (Å²) in [6.45, 7) is 8.36. The van der Waals surface area contributed by atoms with Crippen LogP contribution < -0.4 is 9.80 Å². The van der Waals surface area contributed by atoms with E-state index in [1.165, 1.54) is 68.1 Å². The number of ketones is 2. The highest BCUT2D eigenvalue weighted by molar-refractivity contribution is 6.00. The molecule has 0 saturated carbocycles.